The maximum atomic E-state index is 13.7. The summed E-state index contributed by atoms with van der Waals surface area (Å²) < 4.78 is 47.1. The molecule has 0 amide bonds. The van der Waals surface area contributed by atoms with E-state index in [1.54, 1.807) is 19.2 Å². The Morgan fingerprint density at radius 1 is 1.03 bits per heavy atom. The van der Waals surface area contributed by atoms with Gasteiger partial charge in [-0.15, -0.1) is 0 Å². The molecule has 0 saturated heterocycles. The van der Waals surface area contributed by atoms with E-state index in [1.165, 1.54) is 34.6 Å². The molecule has 0 radical (unpaired) electrons. The Morgan fingerprint density at radius 3 is 2.24 bits per heavy atom. The van der Waals surface area contributed by atoms with Gasteiger partial charge in [0.1, 0.15) is 11.6 Å². The van der Waals surface area contributed by atoms with Gasteiger partial charge in [-0.3, -0.25) is 4.31 Å². The molecule has 0 aromatic heterocycles. The normalized spacial score (nSPS) is 15.5. The number of rotatable bonds is 5. The summed E-state index contributed by atoms with van der Waals surface area (Å²) in [6, 6.07) is 17.7. The predicted octanol–water partition coefficient (Wildman–Crippen LogP) is 5.17. The van der Waals surface area contributed by atoms with E-state index in [0.717, 1.165) is 11.4 Å². The fraction of sp³-hybridized carbons (Fsp3) is 0.208. The topological polar surface area (TPSA) is 70.7 Å². The number of halogens is 1. The van der Waals surface area contributed by atoms with Crippen LogP contribution in [0.2, 0.25) is 0 Å². The van der Waals surface area contributed by atoms with E-state index < -0.39 is 10.0 Å². The molecule has 3 aromatic carbocycles. The molecule has 172 valence electrons. The summed E-state index contributed by atoms with van der Waals surface area (Å²) in [6.45, 7) is 1.86. The van der Waals surface area contributed by atoms with Crippen molar-refractivity contribution in [3.05, 3.63) is 78.1 Å². The van der Waals surface area contributed by atoms with E-state index >= 15 is 0 Å². The average molecular weight is 486 g/mol. The lowest BCUT2D eigenvalue weighted by atomic mass is 9.99. The highest BCUT2D eigenvalue weighted by Crippen LogP contribution is 2.36. The number of anilines is 3. The van der Waals surface area contributed by atoms with Crippen molar-refractivity contribution in [2.24, 2.45) is 0 Å². The molecule has 0 fully saturated rings. The maximum absolute atomic E-state index is 13.7. The molecule has 1 atom stereocenters. The van der Waals surface area contributed by atoms with Crippen LogP contribution in [0.1, 0.15) is 18.9 Å². The van der Waals surface area contributed by atoms with Gasteiger partial charge in [0.2, 0.25) is 0 Å². The fourth-order valence-corrected chi connectivity index (χ4v) is 5.81. The van der Waals surface area contributed by atoms with Gasteiger partial charge >= 0.3 is 0 Å². The van der Waals surface area contributed by atoms with Gasteiger partial charge in [0.25, 0.3) is 10.0 Å². The molecule has 0 aliphatic carbocycles. The number of methoxy groups -OCH3 is 1. The van der Waals surface area contributed by atoms with Crippen LogP contribution >= 0.6 is 12.2 Å². The zero-order valence-electron chi connectivity index (χ0n) is 18.2. The Morgan fingerprint density at radius 2 is 1.64 bits per heavy atom. The van der Waals surface area contributed by atoms with Gasteiger partial charge in [0.15, 0.2) is 5.11 Å². The summed E-state index contributed by atoms with van der Waals surface area (Å²) in [5.41, 5.74) is 2.67. The number of aryl methyl sites for hydroxylation is 1. The molecule has 0 spiro atoms. The Kier molecular flexibility index (Phi) is 6.53. The third-order valence-corrected chi connectivity index (χ3v) is 7.67. The third-order valence-electron chi connectivity index (χ3n) is 5.53. The number of ether oxygens (including phenoxy) is 1. The van der Waals surface area contributed by atoms with Crippen molar-refractivity contribution in [3.8, 4) is 5.75 Å². The van der Waals surface area contributed by atoms with Gasteiger partial charge in [-0.05, 0) is 104 Å². The first-order valence-electron chi connectivity index (χ1n) is 10.4. The Hall–Kier alpha value is -3.17. The first-order chi connectivity index (χ1) is 15.8. The molecule has 0 unspecified atom stereocenters. The zero-order valence-corrected chi connectivity index (χ0v) is 19.8. The van der Waals surface area contributed by atoms with Crippen LogP contribution in [0.15, 0.2) is 71.6 Å². The second-order valence-corrected chi connectivity index (χ2v) is 10.0. The highest BCUT2D eigenvalue weighted by molar-refractivity contribution is 7.92. The van der Waals surface area contributed by atoms with Crippen molar-refractivity contribution < 1.29 is 17.5 Å². The van der Waals surface area contributed by atoms with Crippen LogP contribution in [-0.2, 0) is 16.4 Å². The molecular weight excluding hydrogens is 461 g/mol. The van der Waals surface area contributed by atoms with Crippen molar-refractivity contribution in [1.82, 2.24) is 0 Å². The number of sulfonamides is 1. The van der Waals surface area contributed by atoms with Gasteiger partial charge in [-0.1, -0.05) is 0 Å². The lowest BCUT2D eigenvalue weighted by molar-refractivity contribution is 0.415. The predicted molar refractivity (Wildman–Crippen MR) is 133 cm³/mol. The second kappa shape index (κ2) is 9.36. The first-order valence-corrected chi connectivity index (χ1v) is 12.3. The SMILES string of the molecule is COc1ccc(NC(=S)Nc2ccc(S(=O)(=O)N3c4ccc(F)cc4CC[C@@H]3C)cc2)cc1. The Balaban J connectivity index is 1.50. The summed E-state index contributed by atoms with van der Waals surface area (Å²) in [4.78, 5) is 0.158. The van der Waals surface area contributed by atoms with Gasteiger partial charge in [0.05, 0.1) is 17.7 Å². The van der Waals surface area contributed by atoms with E-state index in [4.69, 9.17) is 17.0 Å². The molecule has 0 bridgehead atoms. The third kappa shape index (κ3) is 4.94. The molecule has 3 aromatic rings. The van der Waals surface area contributed by atoms with E-state index in [-0.39, 0.29) is 16.8 Å². The molecule has 1 aliphatic heterocycles. The van der Waals surface area contributed by atoms with Crippen LogP contribution in [0.5, 0.6) is 5.75 Å². The quantitative estimate of drug-likeness (QED) is 0.486. The summed E-state index contributed by atoms with van der Waals surface area (Å²) in [7, 11) is -2.21. The van der Waals surface area contributed by atoms with Crippen molar-refractivity contribution in [2.45, 2.75) is 30.7 Å². The maximum Gasteiger partial charge on any atom is 0.264 e. The number of nitrogens with one attached hydrogen (secondary N) is 2. The Labute approximate surface area is 198 Å². The van der Waals surface area contributed by atoms with Crippen molar-refractivity contribution >= 4 is 44.4 Å². The molecule has 4 rings (SSSR count). The standard InChI is InChI=1S/C24H24FN3O3S2/c1-16-3-4-17-15-18(25)5-14-23(17)28(16)33(29,30)22-12-8-20(9-13-22)27-24(32)26-19-6-10-21(31-2)11-7-19/h5-16H,3-4H2,1-2H3,(H2,26,27,32)/t16-/m0/s1. The van der Waals surface area contributed by atoms with Gasteiger partial charge in [0, 0.05) is 17.4 Å². The van der Waals surface area contributed by atoms with E-state index in [2.05, 4.69) is 10.6 Å². The van der Waals surface area contributed by atoms with E-state index in [1.807, 2.05) is 31.2 Å². The Bertz CT molecular complexity index is 1260. The number of thiocarbonyl (C=S) groups is 1. The lowest BCUT2D eigenvalue weighted by Gasteiger charge is -2.36. The fourth-order valence-electron chi connectivity index (χ4n) is 3.85. The minimum atomic E-state index is -3.82. The minimum Gasteiger partial charge on any atom is -0.497 e. The summed E-state index contributed by atoms with van der Waals surface area (Å²) >= 11 is 5.35. The van der Waals surface area contributed by atoms with E-state index in [0.29, 0.717) is 34.9 Å². The van der Waals surface area contributed by atoms with Crippen LogP contribution < -0.4 is 19.7 Å². The molecule has 33 heavy (non-hydrogen) atoms. The highest BCUT2D eigenvalue weighted by Gasteiger charge is 2.33. The van der Waals surface area contributed by atoms with Crippen molar-refractivity contribution in [1.29, 1.82) is 0 Å². The summed E-state index contributed by atoms with van der Waals surface area (Å²) in [6.07, 6.45) is 1.27. The van der Waals surface area contributed by atoms with E-state index in [9.17, 15) is 12.8 Å². The lowest BCUT2D eigenvalue weighted by Crippen LogP contribution is -2.42. The molecule has 1 aliphatic rings. The highest BCUT2D eigenvalue weighted by atomic mass is 32.2. The van der Waals surface area contributed by atoms with Crippen LogP contribution in [0.4, 0.5) is 21.5 Å². The largest absolute Gasteiger partial charge is 0.497 e. The van der Waals surface area contributed by atoms with Crippen molar-refractivity contribution in [2.75, 3.05) is 22.0 Å². The van der Waals surface area contributed by atoms with Gasteiger partial charge in [-0.25, -0.2) is 12.8 Å². The number of hydrogen-bond donors (Lipinski definition) is 2. The summed E-state index contributed by atoms with van der Waals surface area (Å²) in [5, 5.41) is 6.49. The van der Waals surface area contributed by atoms with Crippen LogP contribution in [0.3, 0.4) is 0 Å². The molecule has 9 heteroatoms. The zero-order chi connectivity index (χ0) is 23.6. The van der Waals surface area contributed by atoms with Crippen LogP contribution in [0, 0.1) is 5.82 Å². The molecule has 6 nitrogen and oxygen atoms in total. The molecule has 0 saturated carbocycles. The average Bonchev–Trinajstić information content (AvgIpc) is 2.79. The number of hydrogen-bond acceptors (Lipinski definition) is 4. The minimum absolute atomic E-state index is 0.158. The number of benzene rings is 3. The monoisotopic (exact) mass is 485 g/mol. The van der Waals surface area contributed by atoms with Crippen molar-refractivity contribution in [3.63, 3.8) is 0 Å². The van der Waals surface area contributed by atoms with Gasteiger partial charge in [-0.2, -0.15) is 0 Å². The number of nitrogens with zero attached hydrogens (tertiary/aromatic N) is 1. The van der Waals surface area contributed by atoms with Crippen LogP contribution in [0.25, 0.3) is 0 Å². The van der Waals surface area contributed by atoms with Gasteiger partial charge < -0.3 is 15.4 Å². The smallest absolute Gasteiger partial charge is 0.264 e. The molecule has 2 N–H and O–H groups in total. The number of fused-ring (bicyclic) bond motifs is 1. The molecule has 1 heterocycles. The first kappa shape index (κ1) is 23.0. The molecular formula is C24H24FN3O3S2. The second-order valence-electron chi connectivity index (χ2n) is 7.79. The van der Waals surface area contributed by atoms with Crippen LogP contribution in [-0.4, -0.2) is 26.7 Å². The summed E-state index contributed by atoms with van der Waals surface area (Å²) in [5.74, 6) is 0.377.